The summed E-state index contributed by atoms with van der Waals surface area (Å²) in [6.07, 6.45) is 1.33. The SMILES string of the molecule is CCCNC(=O)[C@@H](CC)N(Cc1ccc(Cl)cc1Cl)C(=O)CSCc1ccccc1Cl. The number of benzene rings is 2. The highest BCUT2D eigenvalue weighted by Gasteiger charge is 2.28. The van der Waals surface area contributed by atoms with Gasteiger partial charge in [-0.25, -0.2) is 0 Å². The first-order chi connectivity index (χ1) is 14.9. The van der Waals surface area contributed by atoms with Crippen molar-refractivity contribution in [1.29, 1.82) is 0 Å². The molecule has 8 heteroatoms. The van der Waals surface area contributed by atoms with E-state index >= 15 is 0 Å². The lowest BCUT2D eigenvalue weighted by atomic mass is 10.1. The van der Waals surface area contributed by atoms with Crippen LogP contribution in [0.1, 0.15) is 37.8 Å². The minimum absolute atomic E-state index is 0.124. The van der Waals surface area contributed by atoms with Gasteiger partial charge in [0.1, 0.15) is 6.04 Å². The molecule has 2 aromatic rings. The molecule has 0 unspecified atom stereocenters. The van der Waals surface area contributed by atoms with Crippen molar-refractivity contribution < 1.29 is 9.59 Å². The predicted octanol–water partition coefficient (Wildman–Crippen LogP) is 6.21. The summed E-state index contributed by atoms with van der Waals surface area (Å²) in [5.41, 5.74) is 1.72. The van der Waals surface area contributed by atoms with Crippen LogP contribution >= 0.6 is 46.6 Å². The Kier molecular flexibility index (Phi) is 11.0. The van der Waals surface area contributed by atoms with Gasteiger partial charge in [0.25, 0.3) is 0 Å². The fraction of sp³-hybridized carbons (Fsp3) is 0.391. The van der Waals surface area contributed by atoms with Crippen LogP contribution in [-0.4, -0.2) is 35.1 Å². The summed E-state index contributed by atoms with van der Waals surface area (Å²) in [4.78, 5) is 27.6. The molecule has 1 atom stereocenters. The van der Waals surface area contributed by atoms with E-state index < -0.39 is 6.04 Å². The van der Waals surface area contributed by atoms with Crippen LogP contribution in [0.2, 0.25) is 15.1 Å². The average Bonchev–Trinajstić information content (AvgIpc) is 2.74. The second-order valence-corrected chi connectivity index (χ2v) is 9.29. The largest absolute Gasteiger partial charge is 0.354 e. The van der Waals surface area contributed by atoms with Crippen molar-refractivity contribution in [2.24, 2.45) is 0 Å². The van der Waals surface area contributed by atoms with Crippen LogP contribution in [0.5, 0.6) is 0 Å². The van der Waals surface area contributed by atoms with E-state index in [1.54, 1.807) is 23.1 Å². The molecule has 1 N–H and O–H groups in total. The van der Waals surface area contributed by atoms with Gasteiger partial charge in [-0.15, -0.1) is 11.8 Å². The predicted molar refractivity (Wildman–Crippen MR) is 132 cm³/mol. The molecule has 0 radical (unpaired) electrons. The zero-order chi connectivity index (χ0) is 22.8. The summed E-state index contributed by atoms with van der Waals surface area (Å²) in [7, 11) is 0. The first kappa shape index (κ1) is 25.9. The first-order valence-corrected chi connectivity index (χ1v) is 12.5. The lowest BCUT2D eigenvalue weighted by Gasteiger charge is -2.31. The summed E-state index contributed by atoms with van der Waals surface area (Å²) < 4.78 is 0. The maximum Gasteiger partial charge on any atom is 0.242 e. The maximum absolute atomic E-state index is 13.2. The van der Waals surface area contributed by atoms with E-state index in [1.807, 2.05) is 38.1 Å². The first-order valence-electron chi connectivity index (χ1n) is 10.2. The van der Waals surface area contributed by atoms with Gasteiger partial charge >= 0.3 is 0 Å². The molecule has 0 heterocycles. The summed E-state index contributed by atoms with van der Waals surface area (Å²) in [6, 6.07) is 12.2. The molecule has 0 aromatic heterocycles. The van der Waals surface area contributed by atoms with Gasteiger partial charge in [-0.1, -0.05) is 72.9 Å². The second-order valence-electron chi connectivity index (χ2n) is 7.06. The molecule has 4 nitrogen and oxygen atoms in total. The van der Waals surface area contributed by atoms with Crippen molar-refractivity contribution in [2.45, 2.75) is 45.0 Å². The van der Waals surface area contributed by atoms with Crippen LogP contribution in [0.25, 0.3) is 0 Å². The topological polar surface area (TPSA) is 49.4 Å². The zero-order valence-corrected chi connectivity index (χ0v) is 20.8. The molecule has 0 aliphatic carbocycles. The molecule has 0 fully saturated rings. The van der Waals surface area contributed by atoms with E-state index in [4.69, 9.17) is 34.8 Å². The highest BCUT2D eigenvalue weighted by atomic mass is 35.5. The van der Waals surface area contributed by atoms with Crippen LogP contribution in [0, 0.1) is 0 Å². The molecule has 2 aromatic carbocycles. The molecular weight excluding hydrogens is 475 g/mol. The van der Waals surface area contributed by atoms with Crippen molar-refractivity contribution in [1.82, 2.24) is 10.2 Å². The Morgan fingerprint density at radius 1 is 1.03 bits per heavy atom. The van der Waals surface area contributed by atoms with Crippen molar-refractivity contribution >= 4 is 58.4 Å². The monoisotopic (exact) mass is 500 g/mol. The van der Waals surface area contributed by atoms with Crippen molar-refractivity contribution in [3.05, 3.63) is 68.7 Å². The van der Waals surface area contributed by atoms with Crippen LogP contribution in [0.4, 0.5) is 0 Å². The molecule has 2 rings (SSSR count). The number of thioether (sulfide) groups is 1. The Balaban J connectivity index is 2.17. The Bertz CT molecular complexity index is 895. The lowest BCUT2D eigenvalue weighted by Crippen LogP contribution is -2.49. The molecule has 0 saturated heterocycles. The summed E-state index contributed by atoms with van der Waals surface area (Å²) in [6.45, 7) is 4.69. The van der Waals surface area contributed by atoms with Crippen LogP contribution in [-0.2, 0) is 21.9 Å². The molecule has 0 aliphatic heterocycles. The standard InChI is InChI=1S/C23H27Cl3N2O2S/c1-3-11-27-23(30)21(4-2)28(13-16-9-10-18(24)12-20(16)26)22(29)15-31-14-17-7-5-6-8-19(17)25/h5-10,12,21H,3-4,11,13-15H2,1-2H3,(H,27,30)/t21-/m1/s1. The van der Waals surface area contributed by atoms with Crippen LogP contribution < -0.4 is 5.32 Å². The Labute approximate surface area is 203 Å². The molecule has 0 bridgehead atoms. The zero-order valence-electron chi connectivity index (χ0n) is 17.7. The third-order valence-corrected chi connectivity index (χ3v) is 6.65. The highest BCUT2D eigenvalue weighted by Crippen LogP contribution is 2.25. The van der Waals surface area contributed by atoms with Crippen LogP contribution in [0.3, 0.4) is 0 Å². The maximum atomic E-state index is 13.2. The fourth-order valence-electron chi connectivity index (χ4n) is 3.07. The van der Waals surface area contributed by atoms with Crippen molar-refractivity contribution in [3.8, 4) is 0 Å². The second kappa shape index (κ2) is 13.2. The van der Waals surface area contributed by atoms with Crippen LogP contribution in [0.15, 0.2) is 42.5 Å². The summed E-state index contributed by atoms with van der Waals surface area (Å²) >= 11 is 20.0. The van der Waals surface area contributed by atoms with E-state index in [9.17, 15) is 9.59 Å². The summed E-state index contributed by atoms with van der Waals surface area (Å²) in [5.74, 6) is 0.564. The minimum atomic E-state index is -0.577. The Morgan fingerprint density at radius 3 is 2.42 bits per heavy atom. The number of rotatable bonds is 11. The van der Waals surface area contributed by atoms with Gasteiger partial charge in [0.15, 0.2) is 0 Å². The summed E-state index contributed by atoms with van der Waals surface area (Å²) in [5, 5.41) is 4.58. The van der Waals surface area contributed by atoms with Gasteiger partial charge in [-0.05, 0) is 42.2 Å². The third-order valence-electron chi connectivity index (χ3n) is 4.73. The van der Waals surface area contributed by atoms with E-state index in [0.717, 1.165) is 17.5 Å². The minimum Gasteiger partial charge on any atom is -0.354 e. The molecule has 31 heavy (non-hydrogen) atoms. The van der Waals surface area contributed by atoms with E-state index in [0.29, 0.717) is 33.8 Å². The molecule has 2 amide bonds. The molecule has 0 spiro atoms. The number of hydrogen-bond acceptors (Lipinski definition) is 3. The van der Waals surface area contributed by atoms with E-state index in [-0.39, 0.29) is 24.1 Å². The number of amides is 2. The molecular formula is C23H27Cl3N2O2S. The molecule has 0 aliphatic rings. The van der Waals surface area contributed by atoms with Gasteiger partial charge in [-0.3, -0.25) is 9.59 Å². The third kappa shape index (κ3) is 7.90. The quantitative estimate of drug-likeness (QED) is 0.398. The normalized spacial score (nSPS) is 11.8. The van der Waals surface area contributed by atoms with Gasteiger partial charge in [0.05, 0.1) is 5.75 Å². The van der Waals surface area contributed by atoms with E-state index in [1.165, 1.54) is 11.8 Å². The Morgan fingerprint density at radius 2 is 1.77 bits per heavy atom. The number of nitrogens with zero attached hydrogens (tertiary/aromatic N) is 1. The van der Waals surface area contributed by atoms with Crippen molar-refractivity contribution in [2.75, 3.05) is 12.3 Å². The average molecular weight is 502 g/mol. The smallest absolute Gasteiger partial charge is 0.242 e. The van der Waals surface area contributed by atoms with E-state index in [2.05, 4.69) is 5.32 Å². The van der Waals surface area contributed by atoms with Crippen molar-refractivity contribution in [3.63, 3.8) is 0 Å². The number of halogens is 3. The van der Waals surface area contributed by atoms with Gasteiger partial charge in [0, 0.05) is 33.9 Å². The lowest BCUT2D eigenvalue weighted by molar-refractivity contribution is -0.139. The number of hydrogen-bond donors (Lipinski definition) is 1. The molecule has 168 valence electrons. The Hall–Kier alpha value is -1.40. The molecule has 0 saturated carbocycles. The fourth-order valence-corrected chi connectivity index (χ4v) is 4.73. The highest BCUT2D eigenvalue weighted by molar-refractivity contribution is 7.99. The number of carbonyl (C=O) groups is 2. The van der Waals surface area contributed by atoms with Gasteiger partial charge in [-0.2, -0.15) is 0 Å². The van der Waals surface area contributed by atoms with Gasteiger partial charge < -0.3 is 10.2 Å². The number of nitrogens with one attached hydrogen (secondary N) is 1. The van der Waals surface area contributed by atoms with Gasteiger partial charge in [0.2, 0.25) is 11.8 Å². The number of carbonyl (C=O) groups excluding carboxylic acids is 2.